The summed E-state index contributed by atoms with van der Waals surface area (Å²) >= 11 is 13.3. The van der Waals surface area contributed by atoms with E-state index in [1.807, 2.05) is 0 Å². The van der Waals surface area contributed by atoms with Crippen LogP contribution in [0.4, 0.5) is 9.39 Å². The van der Waals surface area contributed by atoms with Gasteiger partial charge in [0.2, 0.25) is 5.91 Å². The molecule has 0 spiro atoms. The van der Waals surface area contributed by atoms with Crippen molar-refractivity contribution < 1.29 is 18.7 Å². The van der Waals surface area contributed by atoms with Gasteiger partial charge in [0.1, 0.15) is 16.4 Å². The minimum atomic E-state index is -0.612. The van der Waals surface area contributed by atoms with Gasteiger partial charge in [-0.2, -0.15) is 0 Å². The highest BCUT2D eigenvalue weighted by Crippen LogP contribution is 2.36. The number of hydrogen-bond donors (Lipinski definition) is 1. The first-order chi connectivity index (χ1) is 13.9. The number of anilines is 1. The maximum absolute atomic E-state index is 13.2. The molecule has 0 aliphatic carbocycles. The molecule has 1 amide bonds. The van der Waals surface area contributed by atoms with Crippen LogP contribution in [0.25, 0.3) is 17.2 Å². The van der Waals surface area contributed by atoms with Crippen LogP contribution in [0.2, 0.25) is 10.0 Å². The molecule has 2 aromatic carbocycles. The van der Waals surface area contributed by atoms with Gasteiger partial charge in [-0.15, -0.1) is 11.3 Å². The molecule has 1 heterocycles. The molecule has 4 nitrogen and oxygen atoms in total. The molecule has 3 rings (SSSR count). The fourth-order valence-electron chi connectivity index (χ4n) is 2.58. The van der Waals surface area contributed by atoms with Crippen molar-refractivity contribution in [2.75, 3.05) is 12.4 Å². The van der Waals surface area contributed by atoms with Crippen LogP contribution in [0.15, 0.2) is 53.9 Å². The van der Waals surface area contributed by atoms with Gasteiger partial charge in [-0.1, -0.05) is 41.4 Å². The number of nitrogens with one attached hydrogen (secondary N) is 1. The molecule has 0 saturated carbocycles. The molecule has 0 fully saturated rings. The lowest BCUT2D eigenvalue weighted by Gasteiger charge is -2.07. The van der Waals surface area contributed by atoms with Crippen molar-refractivity contribution in [3.05, 3.63) is 80.9 Å². The van der Waals surface area contributed by atoms with Crippen molar-refractivity contribution in [2.24, 2.45) is 0 Å². The third kappa shape index (κ3) is 4.85. The highest BCUT2D eigenvalue weighted by atomic mass is 35.5. The van der Waals surface area contributed by atoms with Crippen LogP contribution in [0.1, 0.15) is 15.9 Å². The maximum atomic E-state index is 13.2. The summed E-state index contributed by atoms with van der Waals surface area (Å²) in [6.45, 7) is 0. The van der Waals surface area contributed by atoms with E-state index < -0.39 is 11.9 Å². The Morgan fingerprint density at radius 3 is 2.38 bits per heavy atom. The Hall–Kier alpha value is -2.67. The van der Waals surface area contributed by atoms with Gasteiger partial charge in [-0.05, 0) is 35.9 Å². The van der Waals surface area contributed by atoms with Gasteiger partial charge in [-0.3, -0.25) is 4.79 Å². The first kappa shape index (κ1) is 21.0. The van der Waals surface area contributed by atoms with Gasteiger partial charge in [0, 0.05) is 32.6 Å². The minimum absolute atomic E-state index is 0.196. The number of esters is 1. The first-order valence-corrected chi connectivity index (χ1v) is 9.93. The second-order valence-electron chi connectivity index (χ2n) is 5.81. The SMILES string of the molecule is COC(=O)c1c(-c2ccc(F)cc2)csc1NC(=O)C=Cc1c(Cl)cccc1Cl. The summed E-state index contributed by atoms with van der Waals surface area (Å²) in [6.07, 6.45) is 2.76. The average molecular weight is 450 g/mol. The normalized spacial score (nSPS) is 10.9. The van der Waals surface area contributed by atoms with E-state index in [4.69, 9.17) is 27.9 Å². The van der Waals surface area contributed by atoms with Gasteiger partial charge < -0.3 is 10.1 Å². The van der Waals surface area contributed by atoms with E-state index in [0.29, 0.717) is 31.7 Å². The van der Waals surface area contributed by atoms with Gasteiger partial charge >= 0.3 is 5.97 Å². The average Bonchev–Trinajstić information content (AvgIpc) is 3.11. The molecule has 148 valence electrons. The van der Waals surface area contributed by atoms with Crippen LogP contribution in [-0.4, -0.2) is 19.0 Å². The monoisotopic (exact) mass is 449 g/mol. The van der Waals surface area contributed by atoms with E-state index in [1.165, 1.54) is 31.4 Å². The molecule has 0 saturated heterocycles. The Kier molecular flexibility index (Phi) is 6.69. The molecule has 0 aliphatic heterocycles. The number of methoxy groups -OCH3 is 1. The maximum Gasteiger partial charge on any atom is 0.341 e. The Labute approximate surface area is 180 Å². The van der Waals surface area contributed by atoms with Crippen LogP contribution in [0.3, 0.4) is 0 Å². The molecule has 3 aromatic rings. The van der Waals surface area contributed by atoms with Crippen LogP contribution < -0.4 is 5.32 Å². The summed E-state index contributed by atoms with van der Waals surface area (Å²) in [5, 5.41) is 5.50. The molecule has 0 atom stereocenters. The van der Waals surface area contributed by atoms with E-state index in [9.17, 15) is 14.0 Å². The molecular weight excluding hydrogens is 436 g/mol. The summed E-state index contributed by atoms with van der Waals surface area (Å²) in [5.74, 6) is -1.47. The molecular formula is C21H14Cl2FNO3S. The van der Waals surface area contributed by atoms with Crippen molar-refractivity contribution in [1.29, 1.82) is 0 Å². The van der Waals surface area contributed by atoms with Crippen molar-refractivity contribution in [1.82, 2.24) is 0 Å². The number of amides is 1. The number of ether oxygens (including phenoxy) is 1. The molecule has 1 aromatic heterocycles. The van der Waals surface area contributed by atoms with Crippen molar-refractivity contribution >= 4 is 57.5 Å². The molecule has 0 aliphatic rings. The zero-order valence-corrected chi connectivity index (χ0v) is 17.4. The topological polar surface area (TPSA) is 55.4 Å². The van der Waals surface area contributed by atoms with Crippen LogP contribution in [0, 0.1) is 5.82 Å². The number of hydrogen-bond acceptors (Lipinski definition) is 4. The minimum Gasteiger partial charge on any atom is -0.465 e. The van der Waals surface area contributed by atoms with Crippen LogP contribution in [0.5, 0.6) is 0 Å². The Balaban J connectivity index is 1.89. The second kappa shape index (κ2) is 9.22. The quantitative estimate of drug-likeness (QED) is 0.367. The lowest BCUT2D eigenvalue weighted by atomic mass is 10.0. The Morgan fingerprint density at radius 2 is 1.76 bits per heavy atom. The molecule has 1 N–H and O–H groups in total. The summed E-state index contributed by atoms with van der Waals surface area (Å²) in [5.41, 5.74) is 1.87. The van der Waals surface area contributed by atoms with E-state index in [-0.39, 0.29) is 11.4 Å². The smallest absolute Gasteiger partial charge is 0.341 e. The summed E-state index contributed by atoms with van der Waals surface area (Å²) in [4.78, 5) is 24.7. The van der Waals surface area contributed by atoms with Gasteiger partial charge in [-0.25, -0.2) is 9.18 Å². The highest BCUT2D eigenvalue weighted by Gasteiger charge is 2.22. The lowest BCUT2D eigenvalue weighted by Crippen LogP contribution is -2.11. The number of thiophene rings is 1. The molecule has 8 heteroatoms. The zero-order valence-electron chi connectivity index (χ0n) is 15.0. The van der Waals surface area contributed by atoms with Gasteiger partial charge in [0.05, 0.1) is 7.11 Å². The van der Waals surface area contributed by atoms with Gasteiger partial charge in [0.15, 0.2) is 0 Å². The van der Waals surface area contributed by atoms with Gasteiger partial charge in [0.25, 0.3) is 0 Å². The van der Waals surface area contributed by atoms with E-state index >= 15 is 0 Å². The third-order valence-electron chi connectivity index (χ3n) is 3.97. The van der Waals surface area contributed by atoms with E-state index in [1.54, 1.807) is 35.7 Å². The second-order valence-corrected chi connectivity index (χ2v) is 7.50. The zero-order chi connectivity index (χ0) is 21.0. The standard InChI is InChI=1S/C21H14Cl2FNO3S/c1-28-21(27)19-15(12-5-7-13(24)8-6-12)11-29-20(19)25-18(26)10-9-14-16(22)3-2-4-17(14)23/h2-11H,1H3,(H,25,26). The summed E-state index contributed by atoms with van der Waals surface area (Å²) in [6, 6.07) is 10.7. The number of halogens is 3. The molecule has 0 radical (unpaired) electrons. The lowest BCUT2D eigenvalue weighted by molar-refractivity contribution is -0.111. The number of rotatable bonds is 5. The molecule has 29 heavy (non-hydrogen) atoms. The number of carbonyl (C=O) groups is 2. The molecule has 0 bridgehead atoms. The number of benzene rings is 2. The summed E-state index contributed by atoms with van der Waals surface area (Å²) < 4.78 is 18.1. The third-order valence-corrected chi connectivity index (χ3v) is 5.53. The van der Waals surface area contributed by atoms with E-state index in [0.717, 1.165) is 11.3 Å². The largest absolute Gasteiger partial charge is 0.465 e. The van der Waals surface area contributed by atoms with Crippen LogP contribution >= 0.6 is 34.5 Å². The highest BCUT2D eigenvalue weighted by molar-refractivity contribution is 7.15. The van der Waals surface area contributed by atoms with Crippen LogP contribution in [-0.2, 0) is 9.53 Å². The number of carbonyl (C=O) groups excluding carboxylic acids is 2. The summed E-state index contributed by atoms with van der Waals surface area (Å²) in [7, 11) is 1.25. The van der Waals surface area contributed by atoms with Crippen molar-refractivity contribution in [3.8, 4) is 11.1 Å². The molecule has 0 unspecified atom stereocenters. The predicted molar refractivity (Wildman–Crippen MR) is 115 cm³/mol. The Morgan fingerprint density at radius 1 is 1.10 bits per heavy atom. The van der Waals surface area contributed by atoms with E-state index in [2.05, 4.69) is 5.32 Å². The fraction of sp³-hybridized carbons (Fsp3) is 0.0476. The van der Waals surface area contributed by atoms with Crippen molar-refractivity contribution in [3.63, 3.8) is 0 Å². The Bertz CT molecular complexity index is 1070. The fourth-order valence-corrected chi connectivity index (χ4v) is 4.06. The predicted octanol–water partition coefficient (Wildman–Crippen LogP) is 6.30. The van der Waals surface area contributed by atoms with Crippen molar-refractivity contribution in [2.45, 2.75) is 0 Å². The first-order valence-electron chi connectivity index (χ1n) is 8.29.